The summed E-state index contributed by atoms with van der Waals surface area (Å²) in [5.74, 6) is -1.95. The van der Waals surface area contributed by atoms with Crippen LogP contribution in [0.3, 0.4) is 0 Å². The summed E-state index contributed by atoms with van der Waals surface area (Å²) < 4.78 is 23.8. The SMILES string of the molecule is N#Cc1ccc(OC(=O)c2ccc(OC(=O)c3ccc(O)cc3)cc2)cc1F. The maximum Gasteiger partial charge on any atom is 0.343 e. The Morgan fingerprint density at radius 2 is 1.32 bits per heavy atom. The third-order valence-electron chi connectivity index (χ3n) is 3.68. The Hall–Kier alpha value is -4.18. The fraction of sp³-hybridized carbons (Fsp3) is 0. The molecule has 6 nitrogen and oxygen atoms in total. The lowest BCUT2D eigenvalue weighted by Crippen LogP contribution is -2.10. The van der Waals surface area contributed by atoms with Crippen LogP contribution in [0, 0.1) is 17.1 Å². The number of carbonyl (C=O) groups excluding carboxylic acids is 2. The highest BCUT2D eigenvalue weighted by Gasteiger charge is 2.13. The van der Waals surface area contributed by atoms with E-state index in [1.165, 1.54) is 60.7 Å². The Kier molecular flexibility index (Phi) is 5.33. The standard InChI is InChI=1S/C21H12FNO5/c22-19-11-18(10-5-15(19)12-23)28-21(26)14-3-8-17(9-4-14)27-20(25)13-1-6-16(24)7-2-13/h1-11,24H. The van der Waals surface area contributed by atoms with Crippen molar-refractivity contribution in [3.05, 3.63) is 89.2 Å². The van der Waals surface area contributed by atoms with Gasteiger partial charge in [-0.3, -0.25) is 0 Å². The van der Waals surface area contributed by atoms with E-state index in [4.69, 9.17) is 14.7 Å². The van der Waals surface area contributed by atoms with Gasteiger partial charge in [-0.2, -0.15) is 5.26 Å². The predicted molar refractivity (Wildman–Crippen MR) is 95.6 cm³/mol. The number of esters is 2. The van der Waals surface area contributed by atoms with E-state index in [2.05, 4.69) is 0 Å². The van der Waals surface area contributed by atoms with Gasteiger partial charge >= 0.3 is 11.9 Å². The largest absolute Gasteiger partial charge is 0.508 e. The summed E-state index contributed by atoms with van der Waals surface area (Å²) in [5.41, 5.74) is 0.262. The number of phenols is 1. The van der Waals surface area contributed by atoms with Crippen LogP contribution in [-0.4, -0.2) is 17.0 Å². The third-order valence-corrected chi connectivity index (χ3v) is 3.68. The monoisotopic (exact) mass is 377 g/mol. The van der Waals surface area contributed by atoms with Gasteiger partial charge in [0.15, 0.2) is 0 Å². The fourth-order valence-corrected chi connectivity index (χ4v) is 2.24. The summed E-state index contributed by atoms with van der Waals surface area (Å²) in [6.45, 7) is 0. The molecule has 0 aromatic heterocycles. The number of benzene rings is 3. The van der Waals surface area contributed by atoms with Crippen molar-refractivity contribution in [2.24, 2.45) is 0 Å². The lowest BCUT2D eigenvalue weighted by molar-refractivity contribution is 0.0730. The molecule has 1 N–H and O–H groups in total. The Morgan fingerprint density at radius 3 is 1.86 bits per heavy atom. The van der Waals surface area contributed by atoms with E-state index < -0.39 is 17.8 Å². The van der Waals surface area contributed by atoms with Crippen molar-refractivity contribution in [2.45, 2.75) is 0 Å². The van der Waals surface area contributed by atoms with E-state index in [0.717, 1.165) is 6.07 Å². The van der Waals surface area contributed by atoms with Crippen molar-refractivity contribution in [1.29, 1.82) is 5.26 Å². The first-order valence-corrected chi connectivity index (χ1v) is 7.99. The number of aromatic hydroxyl groups is 1. The zero-order valence-corrected chi connectivity index (χ0v) is 14.3. The van der Waals surface area contributed by atoms with Crippen LogP contribution in [0.15, 0.2) is 66.7 Å². The van der Waals surface area contributed by atoms with Crippen LogP contribution in [0.1, 0.15) is 26.3 Å². The molecule has 0 bridgehead atoms. The van der Waals surface area contributed by atoms with E-state index in [0.29, 0.717) is 0 Å². The average molecular weight is 377 g/mol. The second kappa shape index (κ2) is 8.01. The molecular weight excluding hydrogens is 365 g/mol. The van der Waals surface area contributed by atoms with E-state index in [-0.39, 0.29) is 33.9 Å². The van der Waals surface area contributed by atoms with Crippen molar-refractivity contribution in [3.63, 3.8) is 0 Å². The number of hydrogen-bond donors (Lipinski definition) is 1. The lowest BCUT2D eigenvalue weighted by atomic mass is 10.2. The first-order chi connectivity index (χ1) is 13.5. The Labute approximate surface area is 159 Å². The molecule has 0 amide bonds. The molecular formula is C21H12FNO5. The highest BCUT2D eigenvalue weighted by molar-refractivity contribution is 5.92. The van der Waals surface area contributed by atoms with Crippen molar-refractivity contribution >= 4 is 11.9 Å². The number of ether oxygens (including phenoxy) is 2. The molecule has 0 saturated heterocycles. The molecule has 0 heterocycles. The topological polar surface area (TPSA) is 96.6 Å². The van der Waals surface area contributed by atoms with Crippen molar-refractivity contribution in [2.75, 3.05) is 0 Å². The number of halogens is 1. The number of carbonyl (C=O) groups is 2. The van der Waals surface area contributed by atoms with E-state index in [1.807, 2.05) is 0 Å². The molecule has 3 aromatic carbocycles. The molecule has 0 unspecified atom stereocenters. The van der Waals surface area contributed by atoms with Crippen LogP contribution in [0.4, 0.5) is 4.39 Å². The molecule has 0 fully saturated rings. The van der Waals surface area contributed by atoms with Gasteiger partial charge in [0, 0.05) is 6.07 Å². The fourth-order valence-electron chi connectivity index (χ4n) is 2.24. The summed E-state index contributed by atoms with van der Waals surface area (Å²) in [5, 5.41) is 17.9. The summed E-state index contributed by atoms with van der Waals surface area (Å²) in [6, 6.07) is 16.3. The van der Waals surface area contributed by atoms with Crippen LogP contribution in [-0.2, 0) is 0 Å². The second-order valence-electron chi connectivity index (χ2n) is 5.60. The summed E-state index contributed by atoms with van der Waals surface area (Å²) >= 11 is 0. The number of nitrogens with zero attached hydrogens (tertiary/aromatic N) is 1. The maximum atomic E-state index is 13.6. The minimum atomic E-state index is -0.788. The van der Waals surface area contributed by atoms with Crippen LogP contribution < -0.4 is 9.47 Å². The Morgan fingerprint density at radius 1 is 0.821 bits per heavy atom. The first kappa shape index (κ1) is 18.6. The van der Waals surface area contributed by atoms with Gasteiger partial charge < -0.3 is 14.6 Å². The first-order valence-electron chi connectivity index (χ1n) is 7.99. The maximum absolute atomic E-state index is 13.6. The highest BCUT2D eigenvalue weighted by Crippen LogP contribution is 2.19. The third kappa shape index (κ3) is 4.31. The molecule has 138 valence electrons. The van der Waals surface area contributed by atoms with Gasteiger partial charge in [0.05, 0.1) is 16.7 Å². The molecule has 0 aliphatic carbocycles. The molecule has 0 aliphatic heterocycles. The summed E-state index contributed by atoms with van der Waals surface area (Å²) in [4.78, 5) is 24.1. The minimum Gasteiger partial charge on any atom is -0.508 e. The van der Waals surface area contributed by atoms with E-state index in [1.54, 1.807) is 6.07 Å². The zero-order chi connectivity index (χ0) is 20.1. The second-order valence-corrected chi connectivity index (χ2v) is 5.60. The van der Waals surface area contributed by atoms with Gasteiger partial charge in [-0.15, -0.1) is 0 Å². The molecule has 3 rings (SSSR count). The molecule has 0 radical (unpaired) electrons. The van der Waals surface area contributed by atoms with Gasteiger partial charge in [-0.05, 0) is 60.7 Å². The molecule has 3 aromatic rings. The quantitative estimate of drug-likeness (QED) is 0.548. The van der Waals surface area contributed by atoms with E-state index in [9.17, 15) is 19.1 Å². The van der Waals surface area contributed by atoms with Gasteiger partial charge in [0.2, 0.25) is 0 Å². The Bertz CT molecular complexity index is 1070. The van der Waals surface area contributed by atoms with Gasteiger partial charge in [-0.25, -0.2) is 14.0 Å². The number of rotatable bonds is 4. The van der Waals surface area contributed by atoms with Gasteiger partial charge in [0.25, 0.3) is 0 Å². The van der Waals surface area contributed by atoms with Crippen molar-refractivity contribution < 1.29 is 28.6 Å². The molecule has 0 atom stereocenters. The van der Waals surface area contributed by atoms with Crippen LogP contribution in [0.2, 0.25) is 0 Å². The number of phenolic OH excluding ortho intramolecular Hbond substituents is 1. The molecule has 7 heteroatoms. The minimum absolute atomic E-state index is 0.0292. The molecule has 0 aliphatic rings. The summed E-state index contributed by atoms with van der Waals surface area (Å²) in [7, 11) is 0. The zero-order valence-electron chi connectivity index (χ0n) is 14.3. The highest BCUT2D eigenvalue weighted by atomic mass is 19.1. The smallest absolute Gasteiger partial charge is 0.343 e. The lowest BCUT2D eigenvalue weighted by Gasteiger charge is -2.07. The van der Waals surface area contributed by atoms with Crippen molar-refractivity contribution in [1.82, 2.24) is 0 Å². The van der Waals surface area contributed by atoms with Gasteiger partial charge in [0.1, 0.15) is 29.1 Å². The Balaban J connectivity index is 1.65. The van der Waals surface area contributed by atoms with E-state index >= 15 is 0 Å². The van der Waals surface area contributed by atoms with Crippen LogP contribution in [0.5, 0.6) is 17.2 Å². The van der Waals surface area contributed by atoms with Crippen molar-refractivity contribution in [3.8, 4) is 23.3 Å². The van der Waals surface area contributed by atoms with Crippen LogP contribution in [0.25, 0.3) is 0 Å². The predicted octanol–water partition coefficient (Wildman–Crippen LogP) is 3.84. The average Bonchev–Trinajstić information content (AvgIpc) is 2.69. The van der Waals surface area contributed by atoms with Gasteiger partial charge in [-0.1, -0.05) is 0 Å². The molecule has 0 spiro atoms. The number of hydrogen-bond acceptors (Lipinski definition) is 6. The van der Waals surface area contributed by atoms with Crippen LogP contribution >= 0.6 is 0 Å². The number of nitriles is 1. The molecule has 28 heavy (non-hydrogen) atoms. The summed E-state index contributed by atoms with van der Waals surface area (Å²) in [6.07, 6.45) is 0. The normalized spacial score (nSPS) is 10.0. The molecule has 0 saturated carbocycles.